The number of aromatic nitrogens is 3. The van der Waals surface area contributed by atoms with E-state index in [0.717, 1.165) is 67.0 Å². The monoisotopic (exact) mass is 487 g/mol. The van der Waals surface area contributed by atoms with Crippen LogP contribution < -0.4 is 4.90 Å². The maximum atomic E-state index is 14.9. The molecule has 36 heavy (non-hydrogen) atoms. The molecule has 2 saturated heterocycles. The molecule has 6 rings (SSSR count). The van der Waals surface area contributed by atoms with Crippen molar-refractivity contribution in [3.8, 4) is 16.8 Å². The summed E-state index contributed by atoms with van der Waals surface area (Å²) in [6, 6.07) is 12.9. The van der Waals surface area contributed by atoms with Crippen LogP contribution in [0.25, 0.3) is 27.7 Å². The molecule has 0 unspecified atom stereocenters. The molecule has 186 valence electrons. The van der Waals surface area contributed by atoms with Crippen LogP contribution in [0.4, 0.5) is 14.6 Å². The Kier molecular flexibility index (Phi) is 6.40. The summed E-state index contributed by atoms with van der Waals surface area (Å²) < 4.78 is 31.3. The van der Waals surface area contributed by atoms with Gasteiger partial charge < -0.3 is 4.90 Å². The Hall–Kier alpha value is -3.32. The number of hydrogen-bond donors (Lipinski definition) is 0. The molecule has 0 bridgehead atoms. The van der Waals surface area contributed by atoms with Gasteiger partial charge in [0.05, 0.1) is 23.6 Å². The summed E-state index contributed by atoms with van der Waals surface area (Å²) in [5.74, 6) is -0.601. The fourth-order valence-electron chi connectivity index (χ4n) is 5.54. The molecule has 0 saturated carbocycles. The van der Waals surface area contributed by atoms with Crippen molar-refractivity contribution >= 4 is 16.7 Å². The van der Waals surface area contributed by atoms with Crippen LogP contribution in [0.15, 0.2) is 54.9 Å². The molecule has 2 aliphatic rings. The van der Waals surface area contributed by atoms with Gasteiger partial charge in [-0.3, -0.25) is 4.90 Å². The lowest BCUT2D eigenvalue weighted by atomic mass is 10.00. The normalized spacial score (nSPS) is 17.1. The standard InChI is InChI=1S/C29H31F2N5/c30-26-16-21(20-34-11-3-1-4-12-34)15-25(29(26)31)22-7-9-27-23(17-22)18-33-36(27)24-8-10-28(32-19-24)35-13-5-2-6-14-35/h7-10,15-19H,1-6,11-14,20H2. The Balaban J connectivity index is 1.28. The molecular formula is C29H31F2N5. The maximum Gasteiger partial charge on any atom is 0.166 e. The van der Waals surface area contributed by atoms with Gasteiger partial charge in [-0.05, 0) is 92.7 Å². The van der Waals surface area contributed by atoms with Crippen LogP contribution in [-0.4, -0.2) is 45.8 Å². The SMILES string of the molecule is Fc1cc(CN2CCCCC2)cc(-c2ccc3c(cnn3-c3ccc(N4CCCCC4)nc3)c2)c1F. The van der Waals surface area contributed by atoms with Crippen molar-refractivity contribution in [2.75, 3.05) is 31.1 Å². The molecule has 2 aliphatic heterocycles. The van der Waals surface area contributed by atoms with Crippen LogP contribution in [0.5, 0.6) is 0 Å². The molecule has 0 amide bonds. The number of pyridine rings is 1. The van der Waals surface area contributed by atoms with E-state index in [2.05, 4.69) is 25.9 Å². The summed E-state index contributed by atoms with van der Waals surface area (Å²) in [5, 5.41) is 5.44. The molecule has 0 atom stereocenters. The van der Waals surface area contributed by atoms with Crippen LogP contribution in [0.1, 0.15) is 44.1 Å². The van der Waals surface area contributed by atoms with Gasteiger partial charge in [-0.1, -0.05) is 12.5 Å². The highest BCUT2D eigenvalue weighted by atomic mass is 19.2. The Morgan fingerprint density at radius 2 is 1.56 bits per heavy atom. The van der Waals surface area contributed by atoms with Crippen molar-refractivity contribution in [1.82, 2.24) is 19.7 Å². The van der Waals surface area contributed by atoms with Crippen molar-refractivity contribution < 1.29 is 8.78 Å². The molecule has 2 aromatic heterocycles. The lowest BCUT2D eigenvalue weighted by Gasteiger charge is -2.27. The zero-order valence-corrected chi connectivity index (χ0v) is 20.5. The van der Waals surface area contributed by atoms with E-state index in [0.29, 0.717) is 17.7 Å². The average Bonchev–Trinajstić information content (AvgIpc) is 3.35. The molecule has 2 aromatic carbocycles. The Bertz CT molecular complexity index is 1350. The number of halogens is 2. The van der Waals surface area contributed by atoms with Gasteiger partial charge in [0.1, 0.15) is 5.82 Å². The van der Waals surface area contributed by atoms with Crippen LogP contribution in [-0.2, 0) is 6.54 Å². The van der Waals surface area contributed by atoms with Crippen molar-refractivity contribution in [1.29, 1.82) is 0 Å². The minimum atomic E-state index is -0.804. The second kappa shape index (κ2) is 9.97. The summed E-state index contributed by atoms with van der Waals surface area (Å²) in [4.78, 5) is 9.32. The summed E-state index contributed by atoms with van der Waals surface area (Å²) >= 11 is 0. The topological polar surface area (TPSA) is 37.2 Å². The van der Waals surface area contributed by atoms with E-state index in [1.807, 2.05) is 35.1 Å². The molecule has 0 radical (unpaired) electrons. The van der Waals surface area contributed by atoms with Gasteiger partial charge >= 0.3 is 0 Å². The van der Waals surface area contributed by atoms with E-state index < -0.39 is 11.6 Å². The van der Waals surface area contributed by atoms with E-state index in [1.54, 1.807) is 12.3 Å². The molecule has 5 nitrogen and oxygen atoms in total. The number of nitrogens with zero attached hydrogens (tertiary/aromatic N) is 5. The van der Waals surface area contributed by atoms with Crippen LogP contribution in [0.2, 0.25) is 0 Å². The minimum Gasteiger partial charge on any atom is -0.357 e. The largest absolute Gasteiger partial charge is 0.357 e. The molecule has 7 heteroatoms. The number of piperidine rings is 2. The summed E-state index contributed by atoms with van der Waals surface area (Å²) in [6.45, 7) is 4.76. The predicted molar refractivity (Wildman–Crippen MR) is 139 cm³/mol. The molecular weight excluding hydrogens is 456 g/mol. The molecule has 4 aromatic rings. The van der Waals surface area contributed by atoms with E-state index >= 15 is 0 Å². The van der Waals surface area contributed by atoms with Gasteiger partial charge in [-0.15, -0.1) is 0 Å². The van der Waals surface area contributed by atoms with Gasteiger partial charge in [0, 0.05) is 30.6 Å². The highest BCUT2D eigenvalue weighted by Gasteiger charge is 2.17. The Morgan fingerprint density at radius 3 is 2.31 bits per heavy atom. The number of hydrogen-bond acceptors (Lipinski definition) is 4. The lowest BCUT2D eigenvalue weighted by Crippen LogP contribution is -2.30. The first-order valence-electron chi connectivity index (χ1n) is 13.1. The van der Waals surface area contributed by atoms with E-state index in [9.17, 15) is 8.78 Å². The highest BCUT2D eigenvalue weighted by Crippen LogP contribution is 2.31. The van der Waals surface area contributed by atoms with E-state index in [1.165, 1.54) is 31.7 Å². The first-order valence-corrected chi connectivity index (χ1v) is 13.1. The second-order valence-corrected chi connectivity index (χ2v) is 10.0. The first-order chi connectivity index (χ1) is 17.7. The van der Waals surface area contributed by atoms with Crippen molar-refractivity contribution in [2.45, 2.75) is 45.1 Å². The third-order valence-corrected chi connectivity index (χ3v) is 7.48. The zero-order valence-electron chi connectivity index (χ0n) is 20.5. The molecule has 2 fully saturated rings. The van der Waals surface area contributed by atoms with Gasteiger partial charge in [-0.25, -0.2) is 18.4 Å². The number of benzene rings is 2. The van der Waals surface area contributed by atoms with Crippen LogP contribution >= 0.6 is 0 Å². The fraction of sp³-hybridized carbons (Fsp3) is 0.379. The molecule has 0 aliphatic carbocycles. The summed E-state index contributed by atoms with van der Waals surface area (Å²) in [5.41, 5.74) is 3.53. The maximum absolute atomic E-state index is 14.9. The number of anilines is 1. The first kappa shape index (κ1) is 23.1. The molecule has 4 heterocycles. The summed E-state index contributed by atoms with van der Waals surface area (Å²) in [7, 11) is 0. The van der Waals surface area contributed by atoms with Crippen molar-refractivity contribution in [3.63, 3.8) is 0 Å². The summed E-state index contributed by atoms with van der Waals surface area (Å²) in [6.07, 6.45) is 10.9. The quantitative estimate of drug-likeness (QED) is 0.329. The number of likely N-dealkylation sites (tertiary alicyclic amines) is 1. The molecule has 0 N–H and O–H groups in total. The number of rotatable bonds is 5. The fourth-order valence-corrected chi connectivity index (χ4v) is 5.54. The smallest absolute Gasteiger partial charge is 0.166 e. The number of fused-ring (bicyclic) bond motifs is 1. The van der Waals surface area contributed by atoms with Gasteiger partial charge in [0.15, 0.2) is 11.6 Å². The lowest BCUT2D eigenvalue weighted by molar-refractivity contribution is 0.220. The van der Waals surface area contributed by atoms with Gasteiger partial charge in [-0.2, -0.15) is 5.10 Å². The van der Waals surface area contributed by atoms with Gasteiger partial charge in [0.25, 0.3) is 0 Å². The molecule has 0 spiro atoms. The third kappa shape index (κ3) is 4.60. The predicted octanol–water partition coefficient (Wildman–Crippen LogP) is 6.34. The zero-order chi connectivity index (χ0) is 24.5. The Morgan fingerprint density at radius 1 is 0.778 bits per heavy atom. The average molecular weight is 488 g/mol. The van der Waals surface area contributed by atoms with Crippen LogP contribution in [0, 0.1) is 11.6 Å². The Labute approximate surface area is 210 Å². The highest BCUT2D eigenvalue weighted by molar-refractivity contribution is 5.86. The van der Waals surface area contributed by atoms with Crippen molar-refractivity contribution in [3.05, 3.63) is 72.1 Å². The second-order valence-electron chi connectivity index (χ2n) is 10.0. The van der Waals surface area contributed by atoms with Crippen molar-refractivity contribution in [2.24, 2.45) is 0 Å². The van der Waals surface area contributed by atoms with E-state index in [4.69, 9.17) is 0 Å². The minimum absolute atomic E-state index is 0.296. The third-order valence-electron chi connectivity index (χ3n) is 7.48. The van der Waals surface area contributed by atoms with E-state index in [-0.39, 0.29) is 0 Å². The van der Waals surface area contributed by atoms with Crippen LogP contribution in [0.3, 0.4) is 0 Å². The van der Waals surface area contributed by atoms with Gasteiger partial charge in [0.2, 0.25) is 0 Å².